The Kier molecular flexibility index (Phi) is 4.85. The number of pyridine rings is 1. The van der Waals surface area contributed by atoms with Gasteiger partial charge in [-0.15, -0.1) is 0 Å². The number of H-pyrrole nitrogens is 1. The summed E-state index contributed by atoms with van der Waals surface area (Å²) >= 11 is 1.99. The van der Waals surface area contributed by atoms with Crippen molar-refractivity contribution >= 4 is 11.8 Å². The van der Waals surface area contributed by atoms with Gasteiger partial charge in [0.1, 0.15) is 11.6 Å². The van der Waals surface area contributed by atoms with Crippen LogP contribution in [0.5, 0.6) is 0 Å². The minimum atomic E-state index is -0.313. The summed E-state index contributed by atoms with van der Waals surface area (Å²) in [7, 11) is 0. The molecular weight excluding hydrogens is 306 g/mol. The van der Waals surface area contributed by atoms with Crippen LogP contribution in [-0.4, -0.2) is 34.5 Å². The van der Waals surface area contributed by atoms with Crippen LogP contribution in [0, 0.1) is 18.3 Å². The Balaban J connectivity index is 2.04. The fraction of sp³-hybridized carbons (Fsp3) is 0.333. The Morgan fingerprint density at radius 1 is 1.26 bits per heavy atom. The van der Waals surface area contributed by atoms with Crippen molar-refractivity contribution in [1.82, 2.24) is 9.88 Å². The number of benzene rings is 1. The van der Waals surface area contributed by atoms with Crippen LogP contribution in [0.4, 0.5) is 0 Å². The van der Waals surface area contributed by atoms with Gasteiger partial charge in [0.15, 0.2) is 0 Å². The van der Waals surface area contributed by atoms with E-state index in [0.717, 1.165) is 48.0 Å². The van der Waals surface area contributed by atoms with Crippen molar-refractivity contribution in [2.45, 2.75) is 13.5 Å². The van der Waals surface area contributed by atoms with E-state index in [4.69, 9.17) is 0 Å². The summed E-state index contributed by atoms with van der Waals surface area (Å²) in [6.07, 6.45) is 0. The molecule has 2 aromatic rings. The molecule has 0 saturated carbocycles. The summed E-state index contributed by atoms with van der Waals surface area (Å²) in [6, 6.07) is 12.0. The van der Waals surface area contributed by atoms with Gasteiger partial charge in [0, 0.05) is 42.4 Å². The first kappa shape index (κ1) is 15.9. The summed E-state index contributed by atoms with van der Waals surface area (Å²) in [4.78, 5) is 17.2. The van der Waals surface area contributed by atoms with Crippen LogP contribution < -0.4 is 5.56 Å². The second-order valence-electron chi connectivity index (χ2n) is 5.73. The minimum Gasteiger partial charge on any atom is -0.325 e. The van der Waals surface area contributed by atoms with Gasteiger partial charge < -0.3 is 4.98 Å². The number of hydrogen-bond donors (Lipinski definition) is 1. The molecule has 3 rings (SSSR count). The van der Waals surface area contributed by atoms with Gasteiger partial charge in [-0.1, -0.05) is 24.3 Å². The molecule has 0 spiro atoms. The summed E-state index contributed by atoms with van der Waals surface area (Å²) in [5, 5.41) is 9.38. The molecule has 0 aliphatic carbocycles. The van der Waals surface area contributed by atoms with E-state index in [0.29, 0.717) is 0 Å². The van der Waals surface area contributed by atoms with Crippen LogP contribution in [0.25, 0.3) is 11.1 Å². The molecule has 23 heavy (non-hydrogen) atoms. The monoisotopic (exact) mass is 325 g/mol. The first-order valence-electron chi connectivity index (χ1n) is 7.71. The van der Waals surface area contributed by atoms with Gasteiger partial charge in [0.05, 0.1) is 0 Å². The lowest BCUT2D eigenvalue weighted by molar-refractivity contribution is 0.295. The van der Waals surface area contributed by atoms with Crippen LogP contribution in [0.15, 0.2) is 35.1 Å². The van der Waals surface area contributed by atoms with Crippen molar-refractivity contribution in [3.8, 4) is 17.2 Å². The van der Waals surface area contributed by atoms with Gasteiger partial charge >= 0.3 is 0 Å². The minimum absolute atomic E-state index is 0.192. The largest absolute Gasteiger partial charge is 0.325 e. The van der Waals surface area contributed by atoms with Crippen molar-refractivity contribution in [3.05, 3.63) is 57.5 Å². The summed E-state index contributed by atoms with van der Waals surface area (Å²) in [6.45, 7) is 4.86. The number of nitrogens with one attached hydrogen (secondary N) is 1. The van der Waals surface area contributed by atoms with E-state index in [2.05, 4.69) is 22.0 Å². The van der Waals surface area contributed by atoms with Gasteiger partial charge in [0.2, 0.25) is 0 Å². The van der Waals surface area contributed by atoms with E-state index in [9.17, 15) is 10.1 Å². The zero-order chi connectivity index (χ0) is 16.2. The Morgan fingerprint density at radius 2 is 2.00 bits per heavy atom. The summed E-state index contributed by atoms with van der Waals surface area (Å²) < 4.78 is 0. The number of aromatic nitrogens is 1. The third-order valence-corrected chi connectivity index (χ3v) is 5.03. The molecule has 2 heterocycles. The topological polar surface area (TPSA) is 59.9 Å². The fourth-order valence-electron chi connectivity index (χ4n) is 2.93. The Labute approximate surface area is 140 Å². The molecule has 5 heteroatoms. The molecule has 1 aliphatic rings. The predicted molar refractivity (Wildman–Crippen MR) is 94.6 cm³/mol. The molecular formula is C18H19N3OS. The molecule has 1 aromatic carbocycles. The standard InChI is InChI=1S/C18H19N3OS/c1-13-10-16(17(11-19)18(22)20-13)15-5-3-2-4-14(15)12-21-6-8-23-9-7-21/h2-5,10H,6-9,12H2,1H3,(H,20,22). The van der Waals surface area contributed by atoms with Crippen LogP contribution >= 0.6 is 11.8 Å². The molecule has 1 aromatic heterocycles. The number of aryl methyl sites for hydroxylation is 1. The van der Waals surface area contributed by atoms with Crippen LogP contribution in [0.3, 0.4) is 0 Å². The lowest BCUT2D eigenvalue weighted by atomic mass is 9.96. The lowest BCUT2D eigenvalue weighted by Gasteiger charge is -2.27. The summed E-state index contributed by atoms with van der Waals surface area (Å²) in [5.74, 6) is 2.32. The average Bonchev–Trinajstić information content (AvgIpc) is 2.56. The molecule has 0 unspecified atom stereocenters. The highest BCUT2D eigenvalue weighted by molar-refractivity contribution is 7.99. The van der Waals surface area contributed by atoms with Crippen molar-refractivity contribution in [2.24, 2.45) is 0 Å². The second-order valence-corrected chi connectivity index (χ2v) is 6.95. The zero-order valence-electron chi connectivity index (χ0n) is 13.1. The van der Waals surface area contributed by atoms with Crippen molar-refractivity contribution in [3.63, 3.8) is 0 Å². The first-order valence-corrected chi connectivity index (χ1v) is 8.87. The summed E-state index contributed by atoms with van der Waals surface area (Å²) in [5.41, 5.74) is 3.53. The van der Waals surface area contributed by atoms with Crippen LogP contribution in [-0.2, 0) is 6.54 Å². The average molecular weight is 325 g/mol. The van der Waals surface area contributed by atoms with Gasteiger partial charge in [0.25, 0.3) is 5.56 Å². The van der Waals surface area contributed by atoms with Crippen molar-refractivity contribution < 1.29 is 0 Å². The number of thioether (sulfide) groups is 1. The molecule has 1 saturated heterocycles. The normalized spacial score (nSPS) is 15.3. The number of nitriles is 1. The number of hydrogen-bond acceptors (Lipinski definition) is 4. The molecule has 118 valence electrons. The van der Waals surface area contributed by atoms with E-state index in [1.165, 1.54) is 5.56 Å². The van der Waals surface area contributed by atoms with Gasteiger partial charge in [-0.2, -0.15) is 17.0 Å². The maximum Gasteiger partial charge on any atom is 0.266 e. The molecule has 1 fully saturated rings. The maximum atomic E-state index is 12.1. The fourth-order valence-corrected chi connectivity index (χ4v) is 3.91. The van der Waals surface area contributed by atoms with Gasteiger partial charge in [-0.05, 0) is 24.1 Å². The van der Waals surface area contributed by atoms with Crippen molar-refractivity contribution in [1.29, 1.82) is 5.26 Å². The molecule has 0 atom stereocenters. The lowest BCUT2D eigenvalue weighted by Crippen LogP contribution is -2.32. The quantitative estimate of drug-likeness (QED) is 0.943. The first-order chi connectivity index (χ1) is 11.2. The molecule has 1 aliphatic heterocycles. The highest BCUT2D eigenvalue weighted by Gasteiger charge is 2.16. The van der Waals surface area contributed by atoms with Gasteiger partial charge in [-0.3, -0.25) is 9.69 Å². The van der Waals surface area contributed by atoms with E-state index in [-0.39, 0.29) is 11.1 Å². The van der Waals surface area contributed by atoms with E-state index in [1.54, 1.807) is 0 Å². The Hall–Kier alpha value is -2.03. The number of aromatic amines is 1. The highest BCUT2D eigenvalue weighted by atomic mass is 32.2. The van der Waals surface area contributed by atoms with Crippen LogP contribution in [0.1, 0.15) is 16.8 Å². The molecule has 0 bridgehead atoms. The van der Waals surface area contributed by atoms with Crippen LogP contribution in [0.2, 0.25) is 0 Å². The number of nitrogens with zero attached hydrogens (tertiary/aromatic N) is 2. The molecule has 0 amide bonds. The van der Waals surface area contributed by atoms with E-state index < -0.39 is 0 Å². The molecule has 1 N–H and O–H groups in total. The Morgan fingerprint density at radius 3 is 2.74 bits per heavy atom. The van der Waals surface area contributed by atoms with E-state index >= 15 is 0 Å². The molecule has 0 radical (unpaired) electrons. The SMILES string of the molecule is Cc1cc(-c2ccccc2CN2CCSCC2)c(C#N)c(=O)[nH]1. The molecule has 4 nitrogen and oxygen atoms in total. The third-order valence-electron chi connectivity index (χ3n) is 4.08. The zero-order valence-corrected chi connectivity index (χ0v) is 13.9. The van der Waals surface area contributed by atoms with Crippen molar-refractivity contribution in [2.75, 3.05) is 24.6 Å². The van der Waals surface area contributed by atoms with E-state index in [1.807, 2.05) is 43.0 Å². The number of rotatable bonds is 3. The smallest absolute Gasteiger partial charge is 0.266 e. The third kappa shape index (κ3) is 3.49. The second kappa shape index (κ2) is 7.03. The Bertz CT molecular complexity index is 801. The van der Waals surface area contributed by atoms with Gasteiger partial charge in [-0.25, -0.2) is 0 Å². The maximum absolute atomic E-state index is 12.1. The highest BCUT2D eigenvalue weighted by Crippen LogP contribution is 2.27. The predicted octanol–water partition coefficient (Wildman–Crippen LogP) is 2.77.